The lowest BCUT2D eigenvalue weighted by molar-refractivity contribution is 0.188. The van der Waals surface area contributed by atoms with Gasteiger partial charge in [0, 0.05) is 32.7 Å². The third-order valence-electron chi connectivity index (χ3n) is 3.63. The van der Waals surface area contributed by atoms with Crippen molar-refractivity contribution in [2.45, 2.75) is 0 Å². The second kappa shape index (κ2) is 5.45. The van der Waals surface area contributed by atoms with Crippen LogP contribution in [0.2, 0.25) is 0 Å². The maximum atomic E-state index is 8.94. The van der Waals surface area contributed by atoms with Crippen molar-refractivity contribution in [3.05, 3.63) is 17.8 Å². The Bertz CT molecular complexity index is 638. The maximum Gasteiger partial charge on any atom is 0.171 e. The summed E-state index contributed by atoms with van der Waals surface area (Å²) in [6, 6.07) is 5.86. The number of hydrogen-bond donors (Lipinski definition) is 2. The molecule has 3 rings (SSSR count). The van der Waals surface area contributed by atoms with Crippen LogP contribution in [0.15, 0.2) is 12.1 Å². The van der Waals surface area contributed by atoms with Gasteiger partial charge in [0.2, 0.25) is 0 Å². The molecule has 0 aromatic carbocycles. The van der Waals surface area contributed by atoms with E-state index in [-0.39, 0.29) is 6.61 Å². The van der Waals surface area contributed by atoms with Gasteiger partial charge >= 0.3 is 0 Å². The molecule has 7 heteroatoms. The third-order valence-corrected chi connectivity index (χ3v) is 3.63. The molecular formula is C13H16N6O. The molecule has 2 N–H and O–H groups in total. The van der Waals surface area contributed by atoms with Crippen LogP contribution in [-0.2, 0) is 0 Å². The largest absolute Gasteiger partial charge is 0.395 e. The van der Waals surface area contributed by atoms with Gasteiger partial charge in [-0.05, 0) is 12.1 Å². The molecule has 1 aliphatic heterocycles. The molecule has 0 radical (unpaired) electrons. The number of β-amino-alcohol motifs (C(OH)–C–C–N with tert-alkyl or cyclic N) is 1. The van der Waals surface area contributed by atoms with E-state index < -0.39 is 0 Å². The summed E-state index contributed by atoms with van der Waals surface area (Å²) in [5.41, 5.74) is 1.03. The van der Waals surface area contributed by atoms with Crippen LogP contribution < -0.4 is 4.90 Å². The van der Waals surface area contributed by atoms with Crippen LogP contribution in [0.3, 0.4) is 0 Å². The lowest BCUT2D eigenvalue weighted by Crippen LogP contribution is -2.47. The highest BCUT2D eigenvalue weighted by atomic mass is 16.3. The first-order valence-electron chi connectivity index (χ1n) is 6.65. The molecule has 3 heterocycles. The van der Waals surface area contributed by atoms with Gasteiger partial charge in [0.25, 0.3) is 0 Å². The van der Waals surface area contributed by atoms with E-state index in [9.17, 15) is 0 Å². The fourth-order valence-electron chi connectivity index (χ4n) is 2.50. The topological polar surface area (TPSA) is 92.1 Å². The number of aromatic amines is 1. The molecule has 7 nitrogen and oxygen atoms in total. The molecule has 1 saturated heterocycles. The molecule has 0 atom stereocenters. The first kappa shape index (κ1) is 12.8. The van der Waals surface area contributed by atoms with Crippen LogP contribution in [0.1, 0.15) is 5.69 Å². The van der Waals surface area contributed by atoms with Gasteiger partial charge < -0.3 is 10.0 Å². The zero-order chi connectivity index (χ0) is 13.9. The number of pyridine rings is 1. The first-order valence-corrected chi connectivity index (χ1v) is 6.65. The molecule has 1 fully saturated rings. The number of piperazine rings is 1. The summed E-state index contributed by atoms with van der Waals surface area (Å²) in [6.07, 6.45) is 0. The quantitative estimate of drug-likeness (QED) is 0.813. The second-order valence-corrected chi connectivity index (χ2v) is 4.80. The van der Waals surface area contributed by atoms with Gasteiger partial charge in [0.15, 0.2) is 11.3 Å². The summed E-state index contributed by atoms with van der Waals surface area (Å²) in [6.45, 7) is 4.55. The standard InChI is InChI=1S/C13H16N6O/c14-9-11-10-1-2-12(15-13(10)17-16-11)19-5-3-18(4-6-19)7-8-20/h1-2,20H,3-8H2,(H,15,16,17). The zero-order valence-electron chi connectivity index (χ0n) is 11.1. The summed E-state index contributed by atoms with van der Waals surface area (Å²) in [7, 11) is 0. The van der Waals surface area contributed by atoms with E-state index in [0.29, 0.717) is 11.3 Å². The minimum Gasteiger partial charge on any atom is -0.395 e. The molecule has 0 bridgehead atoms. The van der Waals surface area contributed by atoms with Crippen molar-refractivity contribution < 1.29 is 5.11 Å². The maximum absolute atomic E-state index is 8.94. The van der Waals surface area contributed by atoms with Crippen LogP contribution in [0.5, 0.6) is 0 Å². The van der Waals surface area contributed by atoms with Crippen LogP contribution >= 0.6 is 0 Å². The van der Waals surface area contributed by atoms with E-state index in [1.54, 1.807) is 0 Å². The van der Waals surface area contributed by atoms with Crippen molar-refractivity contribution in [2.24, 2.45) is 0 Å². The van der Waals surface area contributed by atoms with E-state index in [2.05, 4.69) is 25.0 Å². The first-order chi connectivity index (χ1) is 9.81. The molecule has 20 heavy (non-hydrogen) atoms. The lowest BCUT2D eigenvalue weighted by Gasteiger charge is -2.35. The third kappa shape index (κ3) is 2.31. The van der Waals surface area contributed by atoms with Gasteiger partial charge in [0.1, 0.15) is 11.9 Å². The van der Waals surface area contributed by atoms with Crippen molar-refractivity contribution >= 4 is 16.9 Å². The Kier molecular flexibility index (Phi) is 3.50. The van der Waals surface area contributed by atoms with Crippen molar-refractivity contribution in [1.29, 1.82) is 5.26 Å². The molecular weight excluding hydrogens is 256 g/mol. The number of anilines is 1. The molecule has 0 aliphatic carbocycles. The Labute approximate surface area is 116 Å². The molecule has 0 saturated carbocycles. The number of rotatable bonds is 3. The average Bonchev–Trinajstić information content (AvgIpc) is 2.90. The van der Waals surface area contributed by atoms with Crippen molar-refractivity contribution in [3.8, 4) is 6.07 Å². The molecule has 2 aromatic heterocycles. The monoisotopic (exact) mass is 272 g/mol. The number of hydrogen-bond acceptors (Lipinski definition) is 6. The SMILES string of the molecule is N#Cc1n[nH]c2nc(N3CCN(CCO)CC3)ccc12. The number of H-pyrrole nitrogens is 1. The van der Waals surface area contributed by atoms with Gasteiger partial charge in [-0.25, -0.2) is 4.98 Å². The summed E-state index contributed by atoms with van der Waals surface area (Å²) in [5, 5.41) is 25.4. The van der Waals surface area contributed by atoms with E-state index in [4.69, 9.17) is 10.4 Å². The smallest absolute Gasteiger partial charge is 0.171 e. The molecule has 0 spiro atoms. The van der Waals surface area contributed by atoms with E-state index >= 15 is 0 Å². The van der Waals surface area contributed by atoms with Gasteiger partial charge in [0.05, 0.1) is 12.0 Å². The molecule has 2 aromatic rings. The predicted octanol–water partition coefficient (Wildman–Crippen LogP) is -0.0561. The Hall–Kier alpha value is -2.17. The van der Waals surface area contributed by atoms with Crippen molar-refractivity contribution in [2.75, 3.05) is 44.2 Å². The summed E-state index contributed by atoms with van der Waals surface area (Å²) in [5.74, 6) is 0.897. The highest BCUT2D eigenvalue weighted by molar-refractivity contribution is 5.81. The van der Waals surface area contributed by atoms with Crippen LogP contribution in [0, 0.1) is 11.3 Å². The Balaban J connectivity index is 1.77. The minimum absolute atomic E-state index is 0.204. The number of fused-ring (bicyclic) bond motifs is 1. The summed E-state index contributed by atoms with van der Waals surface area (Å²) in [4.78, 5) is 8.97. The molecule has 104 valence electrons. The van der Waals surface area contributed by atoms with Crippen molar-refractivity contribution in [1.82, 2.24) is 20.1 Å². The van der Waals surface area contributed by atoms with Gasteiger partial charge in [-0.15, -0.1) is 0 Å². The van der Waals surface area contributed by atoms with E-state index in [1.165, 1.54) is 0 Å². The number of nitriles is 1. The molecule has 0 unspecified atom stereocenters. The highest BCUT2D eigenvalue weighted by Crippen LogP contribution is 2.19. The predicted molar refractivity (Wildman–Crippen MR) is 74.3 cm³/mol. The summed E-state index contributed by atoms with van der Waals surface area (Å²) < 4.78 is 0. The minimum atomic E-state index is 0.204. The van der Waals surface area contributed by atoms with Crippen LogP contribution in [0.4, 0.5) is 5.82 Å². The Morgan fingerprint density at radius 2 is 2.10 bits per heavy atom. The number of nitrogens with one attached hydrogen (secondary N) is 1. The molecule has 1 aliphatic rings. The van der Waals surface area contributed by atoms with Crippen LogP contribution in [0.25, 0.3) is 11.0 Å². The van der Waals surface area contributed by atoms with E-state index in [1.807, 2.05) is 18.2 Å². The zero-order valence-corrected chi connectivity index (χ0v) is 11.1. The number of nitrogens with zero attached hydrogens (tertiary/aromatic N) is 5. The van der Waals surface area contributed by atoms with Gasteiger partial charge in [-0.3, -0.25) is 10.00 Å². The number of aliphatic hydroxyl groups is 1. The Morgan fingerprint density at radius 1 is 1.30 bits per heavy atom. The van der Waals surface area contributed by atoms with Gasteiger partial charge in [-0.1, -0.05) is 0 Å². The summed E-state index contributed by atoms with van der Waals surface area (Å²) >= 11 is 0. The fraction of sp³-hybridized carbons (Fsp3) is 0.462. The Morgan fingerprint density at radius 3 is 2.80 bits per heavy atom. The van der Waals surface area contributed by atoms with Crippen LogP contribution in [-0.4, -0.2) is 64.5 Å². The lowest BCUT2D eigenvalue weighted by atomic mass is 10.2. The second-order valence-electron chi connectivity index (χ2n) is 4.80. The number of aliphatic hydroxyl groups excluding tert-OH is 1. The highest BCUT2D eigenvalue weighted by Gasteiger charge is 2.18. The number of aromatic nitrogens is 3. The van der Waals surface area contributed by atoms with E-state index in [0.717, 1.165) is 43.9 Å². The van der Waals surface area contributed by atoms with Crippen molar-refractivity contribution in [3.63, 3.8) is 0 Å². The molecule has 0 amide bonds. The normalized spacial score (nSPS) is 16.5. The van der Waals surface area contributed by atoms with Gasteiger partial charge in [-0.2, -0.15) is 10.4 Å². The fourth-order valence-corrected chi connectivity index (χ4v) is 2.50. The average molecular weight is 272 g/mol.